The van der Waals surface area contributed by atoms with Gasteiger partial charge in [-0.3, -0.25) is 4.90 Å². The summed E-state index contributed by atoms with van der Waals surface area (Å²) in [6.07, 6.45) is 5.25. The molecule has 2 unspecified atom stereocenters. The number of nitrogens with zero attached hydrogens (tertiary/aromatic N) is 1. The van der Waals surface area contributed by atoms with Crippen molar-refractivity contribution in [2.24, 2.45) is 5.92 Å². The lowest BCUT2D eigenvalue weighted by atomic mass is 9.97. The van der Waals surface area contributed by atoms with Gasteiger partial charge in [0.15, 0.2) is 0 Å². The number of halogens is 2. The lowest BCUT2D eigenvalue weighted by molar-refractivity contribution is 0.154. The Morgan fingerprint density at radius 3 is 2.81 bits per heavy atom. The van der Waals surface area contributed by atoms with Crippen molar-refractivity contribution in [2.45, 2.75) is 44.7 Å². The largest absolute Gasteiger partial charge is 0.316 e. The van der Waals surface area contributed by atoms with Crippen LogP contribution in [0.15, 0.2) is 22.7 Å². The Balaban J connectivity index is 1.71. The molecule has 2 nitrogen and oxygen atoms in total. The van der Waals surface area contributed by atoms with Crippen LogP contribution in [0.4, 0.5) is 4.39 Å². The van der Waals surface area contributed by atoms with Gasteiger partial charge in [0.2, 0.25) is 0 Å². The van der Waals surface area contributed by atoms with Crippen molar-refractivity contribution in [3.8, 4) is 0 Å². The van der Waals surface area contributed by atoms with Crippen LogP contribution in [0.1, 0.15) is 44.2 Å². The van der Waals surface area contributed by atoms with Gasteiger partial charge in [0.05, 0.1) is 4.47 Å². The second-order valence-electron chi connectivity index (χ2n) is 6.49. The quantitative estimate of drug-likeness (QED) is 0.855. The minimum atomic E-state index is -0.180. The Bertz CT molecular complexity index is 484. The first-order chi connectivity index (χ1) is 10.1. The maximum atomic E-state index is 13.4. The summed E-state index contributed by atoms with van der Waals surface area (Å²) < 4.78 is 14.0. The second kappa shape index (κ2) is 6.76. The highest BCUT2D eigenvalue weighted by Gasteiger charge is 2.34. The second-order valence-corrected chi connectivity index (χ2v) is 7.34. The van der Waals surface area contributed by atoms with Crippen molar-refractivity contribution in [1.82, 2.24) is 10.2 Å². The zero-order chi connectivity index (χ0) is 14.8. The number of hydrogen-bond donors (Lipinski definition) is 1. The van der Waals surface area contributed by atoms with Crippen molar-refractivity contribution in [3.63, 3.8) is 0 Å². The summed E-state index contributed by atoms with van der Waals surface area (Å²) in [5.41, 5.74) is 1.21. The minimum absolute atomic E-state index is 0.180. The maximum absolute atomic E-state index is 13.4. The van der Waals surface area contributed by atoms with Gasteiger partial charge in [-0.15, -0.1) is 0 Å². The van der Waals surface area contributed by atoms with Crippen LogP contribution in [-0.4, -0.2) is 30.6 Å². The van der Waals surface area contributed by atoms with E-state index in [1.807, 2.05) is 12.1 Å². The van der Waals surface area contributed by atoms with Gasteiger partial charge in [-0.05, 0) is 85.2 Å². The summed E-state index contributed by atoms with van der Waals surface area (Å²) in [5, 5.41) is 3.51. The van der Waals surface area contributed by atoms with Gasteiger partial charge in [-0.1, -0.05) is 6.07 Å². The molecule has 2 fully saturated rings. The molecule has 2 aliphatic rings. The molecule has 0 bridgehead atoms. The van der Waals surface area contributed by atoms with Crippen LogP contribution in [-0.2, 0) is 0 Å². The van der Waals surface area contributed by atoms with Gasteiger partial charge >= 0.3 is 0 Å². The molecule has 0 aromatic heterocycles. The first-order valence-electron chi connectivity index (χ1n) is 8.06. The van der Waals surface area contributed by atoms with E-state index in [4.69, 9.17) is 0 Å². The van der Waals surface area contributed by atoms with Gasteiger partial charge in [0.25, 0.3) is 0 Å². The molecule has 0 amide bonds. The molecule has 1 aliphatic heterocycles. The third-order valence-corrected chi connectivity index (χ3v) is 5.42. The van der Waals surface area contributed by atoms with E-state index in [0.29, 0.717) is 10.5 Å². The first kappa shape index (κ1) is 15.4. The lowest BCUT2D eigenvalue weighted by Crippen LogP contribution is -2.40. The van der Waals surface area contributed by atoms with E-state index in [9.17, 15) is 4.39 Å². The van der Waals surface area contributed by atoms with Crippen molar-refractivity contribution in [2.75, 3.05) is 19.6 Å². The van der Waals surface area contributed by atoms with Gasteiger partial charge < -0.3 is 5.32 Å². The molecule has 1 saturated carbocycles. The number of rotatable bonds is 5. The summed E-state index contributed by atoms with van der Waals surface area (Å²) in [7, 11) is 0. The van der Waals surface area contributed by atoms with Gasteiger partial charge in [0, 0.05) is 18.6 Å². The normalized spacial score (nSPS) is 24.3. The summed E-state index contributed by atoms with van der Waals surface area (Å²) >= 11 is 3.31. The van der Waals surface area contributed by atoms with E-state index < -0.39 is 0 Å². The van der Waals surface area contributed by atoms with E-state index in [2.05, 4.69) is 33.1 Å². The Labute approximate surface area is 135 Å². The van der Waals surface area contributed by atoms with Crippen LogP contribution < -0.4 is 5.32 Å². The summed E-state index contributed by atoms with van der Waals surface area (Å²) in [6, 6.07) is 6.53. The number of hydrogen-bond acceptors (Lipinski definition) is 2. The Kier molecular flexibility index (Phi) is 4.97. The van der Waals surface area contributed by atoms with E-state index in [-0.39, 0.29) is 5.82 Å². The Morgan fingerprint density at radius 1 is 1.38 bits per heavy atom. The highest BCUT2D eigenvalue weighted by Crippen LogP contribution is 2.36. The molecule has 1 N–H and O–H groups in total. The van der Waals surface area contributed by atoms with Gasteiger partial charge in [0.1, 0.15) is 5.82 Å². The third-order valence-electron chi connectivity index (χ3n) is 4.81. The van der Waals surface area contributed by atoms with E-state index in [1.165, 1.54) is 37.8 Å². The molecular formula is C17H24BrFN2. The standard InChI is InChI=1S/C17H24BrFN2/c1-12(14-4-7-17(19)16(18)9-14)21(15-5-6-15)11-13-3-2-8-20-10-13/h4,7,9,12-13,15,20H,2-3,5-6,8,10-11H2,1H3. The van der Waals surface area contributed by atoms with Crippen molar-refractivity contribution >= 4 is 15.9 Å². The fourth-order valence-corrected chi connectivity index (χ4v) is 3.77. The van der Waals surface area contributed by atoms with Crippen LogP contribution in [0.3, 0.4) is 0 Å². The molecule has 0 radical (unpaired) electrons. The van der Waals surface area contributed by atoms with Gasteiger partial charge in [-0.25, -0.2) is 4.39 Å². The van der Waals surface area contributed by atoms with Crippen LogP contribution >= 0.6 is 15.9 Å². The molecule has 1 aromatic carbocycles. The first-order valence-corrected chi connectivity index (χ1v) is 8.86. The zero-order valence-corrected chi connectivity index (χ0v) is 14.2. The highest BCUT2D eigenvalue weighted by atomic mass is 79.9. The van der Waals surface area contributed by atoms with E-state index >= 15 is 0 Å². The van der Waals surface area contributed by atoms with Gasteiger partial charge in [-0.2, -0.15) is 0 Å². The molecule has 1 aromatic rings. The third kappa shape index (κ3) is 3.85. The highest BCUT2D eigenvalue weighted by molar-refractivity contribution is 9.10. The smallest absolute Gasteiger partial charge is 0.137 e. The Hall–Kier alpha value is -0.450. The molecule has 4 heteroatoms. The molecule has 1 aliphatic carbocycles. The number of benzene rings is 1. The summed E-state index contributed by atoms with van der Waals surface area (Å²) in [5.74, 6) is 0.575. The molecule has 21 heavy (non-hydrogen) atoms. The predicted octanol–water partition coefficient (Wildman–Crippen LogP) is 4.11. The average molecular weight is 355 g/mol. The molecule has 1 heterocycles. The summed E-state index contributed by atoms with van der Waals surface area (Å²) in [4.78, 5) is 2.64. The Morgan fingerprint density at radius 2 is 2.19 bits per heavy atom. The van der Waals surface area contributed by atoms with Crippen LogP contribution in [0.2, 0.25) is 0 Å². The molecular weight excluding hydrogens is 331 g/mol. The topological polar surface area (TPSA) is 15.3 Å². The molecule has 116 valence electrons. The fraction of sp³-hybridized carbons (Fsp3) is 0.647. The average Bonchev–Trinajstić information content (AvgIpc) is 3.33. The predicted molar refractivity (Wildman–Crippen MR) is 87.8 cm³/mol. The fourth-order valence-electron chi connectivity index (χ4n) is 3.37. The zero-order valence-electron chi connectivity index (χ0n) is 12.6. The monoisotopic (exact) mass is 354 g/mol. The van der Waals surface area contributed by atoms with Crippen molar-refractivity contribution in [1.29, 1.82) is 0 Å². The van der Waals surface area contributed by atoms with Crippen molar-refractivity contribution in [3.05, 3.63) is 34.1 Å². The molecule has 0 spiro atoms. The van der Waals surface area contributed by atoms with E-state index in [0.717, 1.165) is 25.0 Å². The molecule has 1 saturated heterocycles. The summed E-state index contributed by atoms with van der Waals surface area (Å²) in [6.45, 7) is 5.73. The maximum Gasteiger partial charge on any atom is 0.137 e. The van der Waals surface area contributed by atoms with Crippen LogP contribution in [0.25, 0.3) is 0 Å². The number of nitrogens with one attached hydrogen (secondary N) is 1. The molecule has 2 atom stereocenters. The van der Waals surface area contributed by atoms with Crippen LogP contribution in [0.5, 0.6) is 0 Å². The minimum Gasteiger partial charge on any atom is -0.316 e. The lowest BCUT2D eigenvalue weighted by Gasteiger charge is -2.34. The van der Waals surface area contributed by atoms with Crippen molar-refractivity contribution < 1.29 is 4.39 Å². The van der Waals surface area contributed by atoms with Crippen LogP contribution in [0, 0.1) is 11.7 Å². The SMILES string of the molecule is CC(c1ccc(F)c(Br)c1)N(CC1CCCNC1)C1CC1. The van der Waals surface area contributed by atoms with E-state index in [1.54, 1.807) is 6.07 Å². The molecule has 3 rings (SSSR count). The number of piperidine rings is 1.